The van der Waals surface area contributed by atoms with E-state index in [1.54, 1.807) is 0 Å². The highest BCUT2D eigenvalue weighted by molar-refractivity contribution is 6.48. The van der Waals surface area contributed by atoms with Gasteiger partial charge in [0.2, 0.25) is 0 Å². The summed E-state index contributed by atoms with van der Waals surface area (Å²) < 4.78 is 81.5. The van der Waals surface area contributed by atoms with Crippen LogP contribution in [-0.4, -0.2) is 29.2 Å². The molecule has 13 heteroatoms. The Balaban J connectivity index is 2.49. The topological polar surface area (TPSA) is 66.4 Å². The molecule has 0 saturated heterocycles. The Hall–Kier alpha value is -2.43. The van der Waals surface area contributed by atoms with Crippen molar-refractivity contribution in [1.29, 1.82) is 0 Å². The van der Waals surface area contributed by atoms with E-state index in [1.165, 1.54) is 0 Å². The maximum absolute atomic E-state index is 13.6. The first kappa shape index (κ1) is 27.8. The zero-order valence-electron chi connectivity index (χ0n) is 16.9. The van der Waals surface area contributed by atoms with Gasteiger partial charge in [-0.05, 0) is 42.3 Å². The smallest absolute Gasteiger partial charge is 0.417 e. The summed E-state index contributed by atoms with van der Waals surface area (Å²) in [6.07, 6.45) is -8.50. The first-order chi connectivity index (χ1) is 15.5. The van der Waals surface area contributed by atoms with Crippen molar-refractivity contribution in [2.75, 3.05) is 0 Å². The molecule has 0 fully saturated rings. The molecule has 2 aromatic carbocycles. The second-order valence-electron chi connectivity index (χ2n) is 7.01. The summed E-state index contributed by atoms with van der Waals surface area (Å²) in [6.45, 7) is 1.05. The Morgan fingerprint density at radius 3 is 2.03 bits per heavy atom. The van der Waals surface area contributed by atoms with Crippen LogP contribution in [0.4, 0.5) is 26.3 Å². The van der Waals surface area contributed by atoms with Crippen molar-refractivity contribution in [3.63, 3.8) is 0 Å². The number of halogens is 9. The lowest BCUT2D eigenvalue weighted by molar-refractivity contribution is -0.140. The predicted octanol–water partition coefficient (Wildman–Crippen LogP) is 7.23. The highest BCUT2D eigenvalue weighted by Crippen LogP contribution is 2.41. The van der Waals surface area contributed by atoms with E-state index in [1.807, 2.05) is 5.32 Å². The summed E-state index contributed by atoms with van der Waals surface area (Å²) in [4.78, 5) is 23.0. The monoisotopic (exact) mass is 547 g/mol. The number of carbonyl (C=O) groups excluding carboxylic acids is 1. The highest BCUT2D eigenvalue weighted by atomic mass is 35.5. The molecule has 2 atom stereocenters. The van der Waals surface area contributed by atoms with Crippen LogP contribution in [0.2, 0.25) is 15.1 Å². The molecule has 0 radical (unpaired) electrons. The average molecular weight is 549 g/mol. The van der Waals surface area contributed by atoms with E-state index in [-0.39, 0.29) is 20.6 Å². The number of alkyl halides is 6. The van der Waals surface area contributed by atoms with Gasteiger partial charge in [0.25, 0.3) is 5.91 Å². The number of nitrogens with one attached hydrogen (secondary N) is 1. The van der Waals surface area contributed by atoms with E-state index in [4.69, 9.17) is 39.9 Å². The van der Waals surface area contributed by atoms with Gasteiger partial charge in [-0.25, -0.2) is 0 Å². The molecular formula is C21H14Cl3F6NO3. The number of carboxylic acids is 1. The number of hydrogen-bond donors (Lipinski definition) is 2. The molecule has 1 unspecified atom stereocenters. The lowest BCUT2D eigenvalue weighted by Gasteiger charge is -2.19. The summed E-state index contributed by atoms with van der Waals surface area (Å²) in [5.41, 5.74) is -3.03. The molecule has 0 saturated carbocycles. The Bertz CT molecular complexity index is 1110. The van der Waals surface area contributed by atoms with Crippen LogP contribution in [0.15, 0.2) is 36.4 Å². The first-order valence-corrected chi connectivity index (χ1v) is 10.3. The van der Waals surface area contributed by atoms with Gasteiger partial charge in [0.05, 0.1) is 32.1 Å². The summed E-state index contributed by atoms with van der Waals surface area (Å²) in [5.74, 6) is -5.06. The van der Waals surface area contributed by atoms with Crippen molar-refractivity contribution >= 4 is 52.8 Å². The normalized spacial score (nSPS) is 14.2. The van der Waals surface area contributed by atoms with E-state index in [9.17, 15) is 35.9 Å². The quantitative estimate of drug-likeness (QED) is 0.296. The van der Waals surface area contributed by atoms with Crippen LogP contribution < -0.4 is 5.32 Å². The van der Waals surface area contributed by atoms with Gasteiger partial charge in [-0.3, -0.25) is 9.59 Å². The molecule has 2 rings (SSSR count). The van der Waals surface area contributed by atoms with Crippen LogP contribution in [0.5, 0.6) is 0 Å². The number of carboxylic acid groups (broad SMARTS) is 1. The predicted molar refractivity (Wildman–Crippen MR) is 115 cm³/mol. The standard InChI is InChI=1S/C21H14Cl3F6NO3/c1-9(19(33)34)31-18(32)12-4-2-10(6-14(12)21(28,29)30)3-5-13(20(25,26)27)11-7-15(22)17(24)16(23)8-11/h2-9,13H,1H3,(H,31,32)(H,33,34)/t9-,13?/m1/s1. The Labute approximate surface area is 204 Å². The minimum absolute atomic E-state index is 0.155. The Morgan fingerprint density at radius 2 is 1.56 bits per heavy atom. The second-order valence-corrected chi connectivity index (χ2v) is 8.21. The number of amides is 1. The van der Waals surface area contributed by atoms with Gasteiger partial charge < -0.3 is 10.4 Å². The average Bonchev–Trinajstić information content (AvgIpc) is 2.70. The van der Waals surface area contributed by atoms with Crippen LogP contribution in [0.25, 0.3) is 6.08 Å². The van der Waals surface area contributed by atoms with Gasteiger partial charge >= 0.3 is 18.3 Å². The zero-order valence-corrected chi connectivity index (χ0v) is 19.1. The summed E-state index contributed by atoms with van der Waals surface area (Å²) in [5, 5.41) is 10.1. The van der Waals surface area contributed by atoms with E-state index in [0.717, 1.165) is 37.3 Å². The van der Waals surface area contributed by atoms with Crippen LogP contribution >= 0.6 is 34.8 Å². The number of allylic oxidation sites excluding steroid dienone is 1. The van der Waals surface area contributed by atoms with Gasteiger partial charge in [0.15, 0.2) is 0 Å². The minimum Gasteiger partial charge on any atom is -0.480 e. The second kappa shape index (κ2) is 10.5. The Morgan fingerprint density at radius 1 is 1.00 bits per heavy atom. The summed E-state index contributed by atoms with van der Waals surface area (Å²) in [6, 6.07) is 2.62. The molecule has 0 aliphatic rings. The lowest BCUT2D eigenvalue weighted by atomic mass is 9.96. The molecule has 0 heterocycles. The molecular weight excluding hydrogens is 535 g/mol. The molecule has 1 amide bonds. The largest absolute Gasteiger partial charge is 0.480 e. The lowest BCUT2D eigenvalue weighted by Crippen LogP contribution is -2.39. The highest BCUT2D eigenvalue weighted by Gasteiger charge is 2.40. The fourth-order valence-corrected chi connectivity index (χ4v) is 3.42. The van der Waals surface area contributed by atoms with Crippen molar-refractivity contribution in [2.24, 2.45) is 0 Å². The molecule has 4 nitrogen and oxygen atoms in total. The van der Waals surface area contributed by atoms with Crippen LogP contribution in [-0.2, 0) is 11.0 Å². The molecule has 0 bridgehead atoms. The van der Waals surface area contributed by atoms with E-state index in [0.29, 0.717) is 12.1 Å². The SMILES string of the molecule is C[C@@H](NC(=O)c1ccc(C=CC(c2cc(Cl)c(Cl)c(Cl)c2)C(F)(F)F)cc1C(F)(F)F)C(=O)O. The third kappa shape index (κ3) is 6.80. The maximum atomic E-state index is 13.6. The molecule has 0 spiro atoms. The molecule has 0 aliphatic carbocycles. The summed E-state index contributed by atoms with van der Waals surface area (Å²) >= 11 is 17.3. The van der Waals surface area contributed by atoms with Crippen LogP contribution in [0.1, 0.15) is 39.9 Å². The van der Waals surface area contributed by atoms with Crippen molar-refractivity contribution in [3.05, 3.63) is 73.7 Å². The van der Waals surface area contributed by atoms with E-state index in [2.05, 4.69) is 0 Å². The zero-order chi connectivity index (χ0) is 26.0. The van der Waals surface area contributed by atoms with Gasteiger partial charge in [0.1, 0.15) is 6.04 Å². The molecule has 0 aliphatic heterocycles. The van der Waals surface area contributed by atoms with Crippen LogP contribution in [0.3, 0.4) is 0 Å². The fraction of sp³-hybridized carbons (Fsp3) is 0.238. The number of aliphatic carboxylic acids is 1. The van der Waals surface area contributed by atoms with Crippen molar-refractivity contribution in [1.82, 2.24) is 5.32 Å². The maximum Gasteiger partial charge on any atom is 0.417 e. The molecule has 184 valence electrons. The van der Waals surface area contributed by atoms with E-state index >= 15 is 0 Å². The van der Waals surface area contributed by atoms with Crippen molar-refractivity contribution < 1.29 is 41.0 Å². The number of benzene rings is 2. The number of carbonyl (C=O) groups is 2. The molecule has 2 aromatic rings. The van der Waals surface area contributed by atoms with Crippen LogP contribution in [0, 0.1) is 0 Å². The molecule has 34 heavy (non-hydrogen) atoms. The number of hydrogen-bond acceptors (Lipinski definition) is 2. The Kier molecular flexibility index (Phi) is 8.55. The van der Waals surface area contributed by atoms with Gasteiger partial charge in [-0.1, -0.05) is 53.0 Å². The molecule has 0 aromatic heterocycles. The third-order valence-corrected chi connectivity index (χ3v) is 5.71. The van der Waals surface area contributed by atoms with Crippen molar-refractivity contribution in [2.45, 2.75) is 31.2 Å². The minimum atomic E-state index is -5.05. The fourth-order valence-electron chi connectivity index (χ4n) is 2.81. The van der Waals surface area contributed by atoms with Gasteiger partial charge in [0, 0.05) is 0 Å². The number of rotatable bonds is 6. The van der Waals surface area contributed by atoms with Gasteiger partial charge in [-0.2, -0.15) is 26.3 Å². The van der Waals surface area contributed by atoms with Gasteiger partial charge in [-0.15, -0.1) is 0 Å². The third-order valence-electron chi connectivity index (χ3n) is 4.51. The molecule has 2 N–H and O–H groups in total. The van der Waals surface area contributed by atoms with E-state index < -0.39 is 52.9 Å². The summed E-state index contributed by atoms with van der Waals surface area (Å²) in [7, 11) is 0. The van der Waals surface area contributed by atoms with Crippen molar-refractivity contribution in [3.8, 4) is 0 Å². The first-order valence-electron chi connectivity index (χ1n) is 9.16.